The van der Waals surface area contributed by atoms with Gasteiger partial charge in [-0.2, -0.15) is 0 Å². The Hall–Kier alpha value is -1.92. The molecule has 3 rings (SSSR count). The molecule has 0 saturated heterocycles. The van der Waals surface area contributed by atoms with Crippen molar-refractivity contribution in [2.45, 2.75) is 13.8 Å². The first kappa shape index (κ1) is 17.9. The number of aliphatic imine (C=N–C) groups is 1. The highest BCUT2D eigenvalue weighted by Gasteiger charge is 2.24. The Labute approximate surface area is 162 Å². The average Bonchev–Trinajstić information content (AvgIpc) is 2.92. The molecule has 4 nitrogen and oxygen atoms in total. The van der Waals surface area contributed by atoms with Crippen molar-refractivity contribution in [2.75, 3.05) is 6.61 Å². The number of rotatable bonds is 4. The number of hydrogen-bond acceptors (Lipinski definition) is 4. The maximum atomic E-state index is 12.1. The third kappa shape index (κ3) is 4.02. The Bertz CT molecular complexity index is 863. The topological polar surface area (TPSA) is 47.9 Å². The molecule has 0 saturated carbocycles. The lowest BCUT2D eigenvalue weighted by Crippen LogP contribution is -2.05. The summed E-state index contributed by atoms with van der Waals surface area (Å²) in [7, 11) is 0. The summed E-state index contributed by atoms with van der Waals surface area (Å²) in [6.45, 7) is 4.48. The molecule has 1 heterocycles. The minimum atomic E-state index is -0.461. The van der Waals surface area contributed by atoms with Gasteiger partial charge in [0.25, 0.3) is 0 Å². The van der Waals surface area contributed by atoms with E-state index in [1.807, 2.05) is 50.2 Å². The van der Waals surface area contributed by atoms with Crippen molar-refractivity contribution in [3.63, 3.8) is 0 Å². The van der Waals surface area contributed by atoms with E-state index in [1.165, 1.54) is 0 Å². The lowest BCUT2D eigenvalue weighted by Gasteiger charge is -2.09. The van der Waals surface area contributed by atoms with Crippen molar-refractivity contribution in [3.8, 4) is 5.75 Å². The van der Waals surface area contributed by atoms with Gasteiger partial charge in [0.1, 0.15) is 5.75 Å². The fourth-order valence-electron chi connectivity index (χ4n) is 2.33. The molecule has 0 amide bonds. The Morgan fingerprint density at radius 2 is 1.80 bits per heavy atom. The summed E-state index contributed by atoms with van der Waals surface area (Å²) in [6.07, 6.45) is 1.69. The molecule has 25 heavy (non-hydrogen) atoms. The van der Waals surface area contributed by atoms with Gasteiger partial charge < -0.3 is 9.47 Å². The molecular formula is C19H15Br2NO3. The molecule has 0 unspecified atom stereocenters. The highest BCUT2D eigenvalue weighted by atomic mass is 79.9. The SMILES string of the molecule is CCOc1c(Br)cc(/C=C2\N=C(c3ccc(C)cc3)OC2=O)cc1Br. The van der Waals surface area contributed by atoms with Crippen LogP contribution < -0.4 is 4.74 Å². The van der Waals surface area contributed by atoms with E-state index in [2.05, 4.69) is 36.9 Å². The minimum absolute atomic E-state index is 0.263. The molecule has 0 aromatic heterocycles. The Balaban J connectivity index is 1.93. The second-order valence-electron chi connectivity index (χ2n) is 5.45. The zero-order chi connectivity index (χ0) is 18.0. The van der Waals surface area contributed by atoms with Crippen LogP contribution in [0.25, 0.3) is 6.08 Å². The van der Waals surface area contributed by atoms with E-state index in [4.69, 9.17) is 9.47 Å². The fraction of sp³-hybridized carbons (Fsp3) is 0.158. The molecule has 0 N–H and O–H groups in total. The molecule has 0 spiro atoms. The third-order valence-corrected chi connectivity index (χ3v) is 4.71. The molecule has 0 bridgehead atoms. The lowest BCUT2D eigenvalue weighted by molar-refractivity contribution is -0.129. The smallest absolute Gasteiger partial charge is 0.363 e. The van der Waals surface area contributed by atoms with Gasteiger partial charge in [-0.15, -0.1) is 0 Å². The van der Waals surface area contributed by atoms with Crippen molar-refractivity contribution in [1.82, 2.24) is 0 Å². The van der Waals surface area contributed by atoms with Gasteiger partial charge in [-0.3, -0.25) is 0 Å². The summed E-state index contributed by atoms with van der Waals surface area (Å²) in [4.78, 5) is 16.4. The van der Waals surface area contributed by atoms with Gasteiger partial charge in [0.2, 0.25) is 5.90 Å². The zero-order valence-corrected chi connectivity index (χ0v) is 16.8. The first-order valence-corrected chi connectivity index (χ1v) is 9.28. The van der Waals surface area contributed by atoms with E-state index in [-0.39, 0.29) is 5.70 Å². The Morgan fingerprint density at radius 3 is 2.40 bits per heavy atom. The van der Waals surface area contributed by atoms with Crippen LogP contribution >= 0.6 is 31.9 Å². The normalized spacial score (nSPS) is 15.3. The molecule has 1 aliphatic heterocycles. The van der Waals surface area contributed by atoms with Crippen LogP contribution in [0.1, 0.15) is 23.6 Å². The van der Waals surface area contributed by atoms with Crippen LogP contribution in [0.2, 0.25) is 0 Å². The number of aryl methyl sites for hydroxylation is 1. The van der Waals surface area contributed by atoms with E-state index < -0.39 is 5.97 Å². The van der Waals surface area contributed by atoms with Gasteiger partial charge in [-0.25, -0.2) is 9.79 Å². The number of carbonyl (C=O) groups excluding carboxylic acids is 1. The average molecular weight is 465 g/mol. The summed E-state index contributed by atoms with van der Waals surface area (Å²) in [5.41, 5.74) is 2.98. The molecule has 0 radical (unpaired) electrons. The van der Waals surface area contributed by atoms with Crippen molar-refractivity contribution < 1.29 is 14.3 Å². The number of cyclic esters (lactones) is 1. The standard InChI is InChI=1S/C19H15Br2NO3/c1-3-24-17-14(20)8-12(9-15(17)21)10-16-19(23)25-18(22-16)13-6-4-11(2)5-7-13/h4-10H,3H2,1-2H3/b16-10-. The third-order valence-electron chi connectivity index (χ3n) is 3.53. The fourth-order valence-corrected chi connectivity index (χ4v) is 3.78. The van der Waals surface area contributed by atoms with Crippen LogP contribution in [0.3, 0.4) is 0 Å². The van der Waals surface area contributed by atoms with Crippen LogP contribution in [0.5, 0.6) is 5.75 Å². The van der Waals surface area contributed by atoms with Gasteiger partial charge in [0, 0.05) is 5.56 Å². The highest BCUT2D eigenvalue weighted by molar-refractivity contribution is 9.11. The first-order valence-electron chi connectivity index (χ1n) is 7.69. The summed E-state index contributed by atoms with van der Waals surface area (Å²) >= 11 is 6.97. The first-order chi connectivity index (χ1) is 12.0. The van der Waals surface area contributed by atoms with E-state index >= 15 is 0 Å². The molecular weight excluding hydrogens is 450 g/mol. The van der Waals surface area contributed by atoms with Gasteiger partial charge in [-0.05, 0) is 81.6 Å². The van der Waals surface area contributed by atoms with Crippen LogP contribution in [0.15, 0.2) is 56.0 Å². The summed E-state index contributed by atoms with van der Waals surface area (Å²) in [6, 6.07) is 11.4. The molecule has 6 heteroatoms. The summed E-state index contributed by atoms with van der Waals surface area (Å²) in [5, 5.41) is 0. The van der Waals surface area contributed by atoms with Crippen molar-refractivity contribution in [1.29, 1.82) is 0 Å². The predicted molar refractivity (Wildman–Crippen MR) is 105 cm³/mol. The number of ether oxygens (including phenoxy) is 2. The van der Waals surface area contributed by atoms with E-state index in [1.54, 1.807) is 6.08 Å². The van der Waals surface area contributed by atoms with E-state index in [0.717, 1.165) is 31.4 Å². The summed E-state index contributed by atoms with van der Waals surface area (Å²) < 4.78 is 12.4. The monoisotopic (exact) mass is 463 g/mol. The molecule has 2 aromatic rings. The van der Waals surface area contributed by atoms with Crippen molar-refractivity contribution in [3.05, 3.63) is 67.7 Å². The minimum Gasteiger partial charge on any atom is -0.492 e. The van der Waals surface area contributed by atoms with Gasteiger partial charge >= 0.3 is 5.97 Å². The van der Waals surface area contributed by atoms with E-state index in [9.17, 15) is 4.79 Å². The molecule has 1 aliphatic rings. The number of esters is 1. The predicted octanol–water partition coefficient (Wildman–Crippen LogP) is 5.26. The highest BCUT2D eigenvalue weighted by Crippen LogP contribution is 2.35. The maximum absolute atomic E-state index is 12.1. The molecule has 128 valence electrons. The molecule has 0 atom stereocenters. The second kappa shape index (κ2) is 7.54. The lowest BCUT2D eigenvalue weighted by atomic mass is 10.1. The van der Waals surface area contributed by atoms with E-state index in [0.29, 0.717) is 12.5 Å². The van der Waals surface area contributed by atoms with Crippen LogP contribution in [0, 0.1) is 6.92 Å². The van der Waals surface area contributed by atoms with Crippen LogP contribution in [0.4, 0.5) is 0 Å². The van der Waals surface area contributed by atoms with Crippen molar-refractivity contribution >= 4 is 49.8 Å². The molecule has 0 aliphatic carbocycles. The number of carbonyl (C=O) groups is 1. The Morgan fingerprint density at radius 1 is 1.16 bits per heavy atom. The van der Waals surface area contributed by atoms with Crippen molar-refractivity contribution in [2.24, 2.45) is 4.99 Å². The quantitative estimate of drug-likeness (QED) is 0.457. The van der Waals surface area contributed by atoms with Crippen LogP contribution in [-0.2, 0) is 9.53 Å². The molecule has 0 fully saturated rings. The summed E-state index contributed by atoms with van der Waals surface area (Å²) in [5.74, 6) is 0.583. The number of nitrogens with zero attached hydrogens (tertiary/aromatic N) is 1. The van der Waals surface area contributed by atoms with Gasteiger partial charge in [0.15, 0.2) is 5.70 Å². The van der Waals surface area contributed by atoms with Gasteiger partial charge in [0.05, 0.1) is 15.6 Å². The maximum Gasteiger partial charge on any atom is 0.363 e. The Kier molecular flexibility index (Phi) is 5.39. The van der Waals surface area contributed by atoms with Gasteiger partial charge in [-0.1, -0.05) is 17.7 Å². The number of halogens is 2. The number of benzene rings is 2. The number of hydrogen-bond donors (Lipinski definition) is 0. The largest absolute Gasteiger partial charge is 0.492 e. The second-order valence-corrected chi connectivity index (χ2v) is 7.16. The molecule has 2 aromatic carbocycles. The zero-order valence-electron chi connectivity index (χ0n) is 13.7. The van der Waals surface area contributed by atoms with Crippen LogP contribution in [-0.4, -0.2) is 18.5 Å².